The third-order valence-corrected chi connectivity index (χ3v) is 2.50. The molecule has 0 spiro atoms. The van der Waals surface area contributed by atoms with Crippen LogP contribution in [0.15, 0.2) is 24.3 Å². The van der Waals surface area contributed by atoms with Crippen molar-refractivity contribution in [3.8, 4) is 5.75 Å². The van der Waals surface area contributed by atoms with Crippen LogP contribution >= 0.6 is 0 Å². The molecule has 1 aromatic carbocycles. The molecule has 0 aliphatic heterocycles. The van der Waals surface area contributed by atoms with Crippen LogP contribution in [-0.4, -0.2) is 19.7 Å². The van der Waals surface area contributed by atoms with Crippen LogP contribution in [0.25, 0.3) is 0 Å². The fourth-order valence-electron chi connectivity index (χ4n) is 1.48. The molecule has 0 amide bonds. The summed E-state index contributed by atoms with van der Waals surface area (Å²) in [6.45, 7) is 4.87. The minimum absolute atomic E-state index is 0.314. The molecule has 0 aromatic heterocycles. The van der Waals surface area contributed by atoms with Crippen molar-refractivity contribution in [2.75, 3.05) is 13.7 Å². The van der Waals surface area contributed by atoms with E-state index in [-0.39, 0.29) is 0 Å². The Balaban J connectivity index is 2.61. The summed E-state index contributed by atoms with van der Waals surface area (Å²) < 4.78 is 5.11. The van der Waals surface area contributed by atoms with Gasteiger partial charge in [0.1, 0.15) is 5.75 Å². The molecule has 15 heavy (non-hydrogen) atoms. The molecule has 0 saturated heterocycles. The van der Waals surface area contributed by atoms with Crippen LogP contribution in [0.3, 0.4) is 0 Å². The molecule has 0 aliphatic carbocycles. The summed E-state index contributed by atoms with van der Waals surface area (Å²) in [4.78, 5) is 0. The Bertz CT molecular complexity index is 284. The van der Waals surface area contributed by atoms with Gasteiger partial charge in [-0.2, -0.15) is 0 Å². The van der Waals surface area contributed by atoms with E-state index in [0.717, 1.165) is 5.75 Å². The zero-order valence-corrected chi connectivity index (χ0v) is 9.66. The Hall–Kier alpha value is -1.06. The molecule has 2 unspecified atom stereocenters. The first kappa shape index (κ1) is 12.0. The number of hydrogen-bond donors (Lipinski definition) is 2. The number of hydrogen-bond acceptors (Lipinski definition) is 3. The molecule has 1 rings (SSSR count). The fraction of sp³-hybridized carbons (Fsp3) is 0.500. The standard InChI is InChI=1S/C12H20N2O/c1-9(8-13)14-10(2)11-4-6-12(15-3)7-5-11/h4-7,9-10,14H,8,13H2,1-3H3. The van der Waals surface area contributed by atoms with E-state index in [1.165, 1.54) is 5.56 Å². The van der Waals surface area contributed by atoms with E-state index in [2.05, 4.69) is 31.3 Å². The predicted molar refractivity (Wildman–Crippen MR) is 63.1 cm³/mol. The summed E-state index contributed by atoms with van der Waals surface area (Å²) in [5, 5.41) is 3.42. The van der Waals surface area contributed by atoms with Gasteiger partial charge in [0.05, 0.1) is 7.11 Å². The molecule has 0 fully saturated rings. The highest BCUT2D eigenvalue weighted by Crippen LogP contribution is 2.17. The molecule has 0 aliphatic rings. The first-order valence-electron chi connectivity index (χ1n) is 5.27. The largest absolute Gasteiger partial charge is 0.497 e. The second kappa shape index (κ2) is 5.73. The monoisotopic (exact) mass is 208 g/mol. The van der Waals surface area contributed by atoms with Crippen LogP contribution in [0.1, 0.15) is 25.5 Å². The van der Waals surface area contributed by atoms with Gasteiger partial charge in [0.25, 0.3) is 0 Å². The number of ether oxygens (including phenoxy) is 1. The van der Waals surface area contributed by atoms with Crippen LogP contribution in [0, 0.1) is 0 Å². The molecule has 0 bridgehead atoms. The Morgan fingerprint density at radius 3 is 2.33 bits per heavy atom. The molecular formula is C12H20N2O. The van der Waals surface area contributed by atoms with Crippen molar-refractivity contribution < 1.29 is 4.74 Å². The number of benzene rings is 1. The Labute approximate surface area is 91.6 Å². The van der Waals surface area contributed by atoms with Crippen molar-refractivity contribution in [3.05, 3.63) is 29.8 Å². The fourth-order valence-corrected chi connectivity index (χ4v) is 1.48. The van der Waals surface area contributed by atoms with E-state index in [9.17, 15) is 0 Å². The zero-order valence-electron chi connectivity index (χ0n) is 9.66. The van der Waals surface area contributed by atoms with Crippen LogP contribution in [0.4, 0.5) is 0 Å². The van der Waals surface area contributed by atoms with Crippen molar-refractivity contribution in [2.24, 2.45) is 5.73 Å². The molecule has 0 radical (unpaired) electrons. The summed E-state index contributed by atoms with van der Waals surface area (Å²) in [6, 6.07) is 8.73. The Morgan fingerprint density at radius 2 is 1.87 bits per heavy atom. The smallest absolute Gasteiger partial charge is 0.118 e. The topological polar surface area (TPSA) is 47.3 Å². The van der Waals surface area contributed by atoms with E-state index >= 15 is 0 Å². The van der Waals surface area contributed by atoms with Gasteiger partial charge in [0.2, 0.25) is 0 Å². The lowest BCUT2D eigenvalue weighted by atomic mass is 10.1. The van der Waals surface area contributed by atoms with Gasteiger partial charge < -0.3 is 15.8 Å². The maximum Gasteiger partial charge on any atom is 0.118 e. The van der Waals surface area contributed by atoms with Crippen LogP contribution < -0.4 is 15.8 Å². The second-order valence-corrected chi connectivity index (χ2v) is 3.80. The summed E-state index contributed by atoms with van der Waals surface area (Å²) in [6.07, 6.45) is 0. The van der Waals surface area contributed by atoms with Crippen LogP contribution in [0.2, 0.25) is 0 Å². The van der Waals surface area contributed by atoms with Crippen LogP contribution in [-0.2, 0) is 0 Å². The van der Waals surface area contributed by atoms with Gasteiger partial charge in [0.15, 0.2) is 0 Å². The summed E-state index contributed by atoms with van der Waals surface area (Å²) in [7, 11) is 1.67. The van der Waals surface area contributed by atoms with E-state index in [4.69, 9.17) is 10.5 Å². The molecule has 3 nitrogen and oxygen atoms in total. The molecular weight excluding hydrogens is 188 g/mol. The minimum Gasteiger partial charge on any atom is -0.497 e. The molecule has 0 saturated carbocycles. The minimum atomic E-state index is 0.314. The van der Waals surface area contributed by atoms with Crippen molar-refractivity contribution >= 4 is 0 Å². The molecule has 84 valence electrons. The maximum atomic E-state index is 5.56. The van der Waals surface area contributed by atoms with Gasteiger partial charge in [-0.15, -0.1) is 0 Å². The third-order valence-electron chi connectivity index (χ3n) is 2.50. The van der Waals surface area contributed by atoms with Gasteiger partial charge in [0, 0.05) is 18.6 Å². The Kier molecular flexibility index (Phi) is 4.59. The molecule has 1 aromatic rings. The highest BCUT2D eigenvalue weighted by atomic mass is 16.5. The van der Waals surface area contributed by atoms with Crippen LogP contribution in [0.5, 0.6) is 5.75 Å². The van der Waals surface area contributed by atoms with E-state index < -0.39 is 0 Å². The lowest BCUT2D eigenvalue weighted by Crippen LogP contribution is -2.34. The number of methoxy groups -OCH3 is 1. The first-order chi connectivity index (χ1) is 7.17. The van der Waals surface area contributed by atoms with Crippen molar-refractivity contribution in [1.82, 2.24) is 5.32 Å². The summed E-state index contributed by atoms with van der Waals surface area (Å²) in [5.74, 6) is 0.887. The van der Waals surface area contributed by atoms with Crippen molar-refractivity contribution in [1.29, 1.82) is 0 Å². The molecule has 3 N–H and O–H groups in total. The highest BCUT2D eigenvalue weighted by molar-refractivity contribution is 5.28. The van der Waals surface area contributed by atoms with Gasteiger partial charge in [-0.3, -0.25) is 0 Å². The average Bonchev–Trinajstić information content (AvgIpc) is 2.29. The van der Waals surface area contributed by atoms with E-state index in [1.54, 1.807) is 7.11 Å². The van der Waals surface area contributed by atoms with E-state index in [1.807, 2.05) is 12.1 Å². The number of nitrogens with one attached hydrogen (secondary N) is 1. The molecule has 2 atom stereocenters. The first-order valence-corrected chi connectivity index (χ1v) is 5.27. The number of rotatable bonds is 5. The average molecular weight is 208 g/mol. The quantitative estimate of drug-likeness (QED) is 0.774. The predicted octanol–water partition coefficient (Wildman–Crippen LogP) is 1.69. The van der Waals surface area contributed by atoms with Crippen molar-refractivity contribution in [3.63, 3.8) is 0 Å². The van der Waals surface area contributed by atoms with Crippen molar-refractivity contribution in [2.45, 2.75) is 25.9 Å². The summed E-state index contributed by atoms with van der Waals surface area (Å²) in [5.41, 5.74) is 6.81. The highest BCUT2D eigenvalue weighted by Gasteiger charge is 2.07. The summed E-state index contributed by atoms with van der Waals surface area (Å²) >= 11 is 0. The van der Waals surface area contributed by atoms with Gasteiger partial charge >= 0.3 is 0 Å². The zero-order chi connectivity index (χ0) is 11.3. The van der Waals surface area contributed by atoms with Gasteiger partial charge in [-0.1, -0.05) is 12.1 Å². The van der Waals surface area contributed by atoms with Gasteiger partial charge in [-0.25, -0.2) is 0 Å². The SMILES string of the molecule is COc1ccc(C(C)NC(C)CN)cc1. The lowest BCUT2D eigenvalue weighted by Gasteiger charge is -2.19. The molecule has 3 heteroatoms. The maximum absolute atomic E-state index is 5.56. The molecule has 0 heterocycles. The number of nitrogens with two attached hydrogens (primary N) is 1. The lowest BCUT2D eigenvalue weighted by molar-refractivity contribution is 0.414. The van der Waals surface area contributed by atoms with E-state index in [0.29, 0.717) is 18.6 Å². The third kappa shape index (κ3) is 3.53. The Morgan fingerprint density at radius 1 is 1.27 bits per heavy atom. The second-order valence-electron chi connectivity index (χ2n) is 3.80. The van der Waals surface area contributed by atoms with Gasteiger partial charge in [-0.05, 0) is 31.5 Å². The normalized spacial score (nSPS) is 14.7.